The Morgan fingerprint density at radius 3 is 2.29 bits per heavy atom. The molecule has 0 aromatic carbocycles. The molecule has 0 spiro atoms. The minimum atomic E-state index is -0.931. The highest BCUT2D eigenvalue weighted by atomic mass is 16.2. The Morgan fingerprint density at radius 1 is 1.25 bits per heavy atom. The van der Waals surface area contributed by atoms with Gasteiger partial charge in [0.05, 0.1) is 6.54 Å². The molecule has 3 N–H and O–H groups in total. The topological polar surface area (TPSA) is 113 Å². The predicted octanol–water partition coefficient (Wildman–Crippen LogP) is 0.354. The third-order valence-corrected chi connectivity index (χ3v) is 5.16. The molecule has 0 aromatic rings. The molecule has 0 unspecified atom stereocenters. The van der Waals surface area contributed by atoms with Crippen molar-refractivity contribution in [2.24, 2.45) is 5.73 Å². The Kier molecular flexibility index (Phi) is 5.46. The van der Waals surface area contributed by atoms with Crippen molar-refractivity contribution in [3.8, 4) is 0 Å². The maximum atomic E-state index is 12.6. The SMILES string of the molecule is CCC1(CC)NC(=O)N(CC(=O)N(CC(N)=O)C2CCCC2)C1=O. The summed E-state index contributed by atoms with van der Waals surface area (Å²) in [4.78, 5) is 51.1. The van der Waals surface area contributed by atoms with Gasteiger partial charge in [0.2, 0.25) is 11.8 Å². The first-order valence-electron chi connectivity index (χ1n) is 8.56. The van der Waals surface area contributed by atoms with E-state index >= 15 is 0 Å². The summed E-state index contributed by atoms with van der Waals surface area (Å²) in [5.41, 5.74) is 4.32. The Labute approximate surface area is 141 Å². The number of primary amides is 1. The normalized spacial score (nSPS) is 20.3. The van der Waals surface area contributed by atoms with E-state index in [1.54, 1.807) is 0 Å². The number of carbonyl (C=O) groups is 4. The van der Waals surface area contributed by atoms with Gasteiger partial charge in [-0.05, 0) is 25.7 Å². The molecule has 0 radical (unpaired) electrons. The second kappa shape index (κ2) is 7.19. The van der Waals surface area contributed by atoms with E-state index in [9.17, 15) is 19.2 Å². The zero-order valence-electron chi connectivity index (χ0n) is 14.3. The highest BCUT2D eigenvalue weighted by Crippen LogP contribution is 2.26. The summed E-state index contributed by atoms with van der Waals surface area (Å²) in [7, 11) is 0. The van der Waals surface area contributed by atoms with Crippen molar-refractivity contribution in [1.29, 1.82) is 0 Å². The van der Waals surface area contributed by atoms with Crippen LogP contribution in [0.1, 0.15) is 52.4 Å². The van der Waals surface area contributed by atoms with Crippen LogP contribution < -0.4 is 11.1 Å². The number of carbonyl (C=O) groups excluding carboxylic acids is 4. The third-order valence-electron chi connectivity index (χ3n) is 5.16. The molecule has 8 nitrogen and oxygen atoms in total. The lowest BCUT2D eigenvalue weighted by Gasteiger charge is -2.29. The van der Waals surface area contributed by atoms with Gasteiger partial charge in [-0.3, -0.25) is 19.3 Å². The first-order chi connectivity index (χ1) is 11.3. The Morgan fingerprint density at radius 2 is 1.83 bits per heavy atom. The van der Waals surface area contributed by atoms with E-state index in [0.29, 0.717) is 12.8 Å². The van der Waals surface area contributed by atoms with Gasteiger partial charge < -0.3 is 16.0 Å². The maximum Gasteiger partial charge on any atom is 0.325 e. The fraction of sp³-hybridized carbons (Fsp3) is 0.750. The number of hydrogen-bond donors (Lipinski definition) is 2. The monoisotopic (exact) mass is 338 g/mol. The van der Waals surface area contributed by atoms with Gasteiger partial charge in [0.1, 0.15) is 12.1 Å². The number of amides is 5. The average Bonchev–Trinajstić information content (AvgIpc) is 3.15. The molecule has 24 heavy (non-hydrogen) atoms. The second-order valence-corrected chi connectivity index (χ2v) is 6.54. The van der Waals surface area contributed by atoms with Crippen molar-refractivity contribution in [1.82, 2.24) is 15.1 Å². The van der Waals surface area contributed by atoms with E-state index in [4.69, 9.17) is 5.73 Å². The zero-order chi connectivity index (χ0) is 17.9. The number of nitrogens with two attached hydrogens (primary N) is 1. The molecule has 1 saturated heterocycles. The van der Waals surface area contributed by atoms with Gasteiger partial charge in [0, 0.05) is 6.04 Å². The first kappa shape index (κ1) is 18.2. The van der Waals surface area contributed by atoms with E-state index in [-0.39, 0.29) is 25.0 Å². The van der Waals surface area contributed by atoms with Gasteiger partial charge in [0.25, 0.3) is 5.91 Å². The Balaban J connectivity index is 2.12. The maximum absolute atomic E-state index is 12.6. The standard InChI is InChI=1S/C16H26N4O4/c1-3-16(4-2)14(23)20(15(24)18-16)10-13(22)19(9-12(17)21)11-7-5-6-8-11/h11H,3-10H2,1-2H3,(H2,17,21)(H,18,24). The smallest absolute Gasteiger partial charge is 0.325 e. The number of rotatable bonds is 7. The molecule has 8 heteroatoms. The Bertz CT molecular complexity index is 538. The Hall–Kier alpha value is -2.12. The number of urea groups is 1. The van der Waals surface area contributed by atoms with Crippen molar-refractivity contribution in [2.75, 3.05) is 13.1 Å². The van der Waals surface area contributed by atoms with Gasteiger partial charge in [-0.15, -0.1) is 0 Å². The first-order valence-corrected chi connectivity index (χ1v) is 8.56. The molecule has 2 rings (SSSR count). The molecule has 1 heterocycles. The summed E-state index contributed by atoms with van der Waals surface area (Å²) in [5, 5.41) is 2.70. The highest BCUT2D eigenvalue weighted by molar-refractivity contribution is 6.09. The van der Waals surface area contributed by atoms with E-state index in [0.717, 1.165) is 30.6 Å². The lowest BCUT2D eigenvalue weighted by molar-refractivity contribution is -0.142. The number of nitrogens with zero attached hydrogens (tertiary/aromatic N) is 2. The van der Waals surface area contributed by atoms with Crippen LogP contribution in [-0.4, -0.2) is 58.2 Å². The van der Waals surface area contributed by atoms with Gasteiger partial charge in [0.15, 0.2) is 0 Å². The number of nitrogens with one attached hydrogen (secondary N) is 1. The van der Waals surface area contributed by atoms with Crippen molar-refractivity contribution < 1.29 is 19.2 Å². The molecule has 1 saturated carbocycles. The number of hydrogen-bond acceptors (Lipinski definition) is 4. The van der Waals surface area contributed by atoms with Crippen LogP contribution in [0.5, 0.6) is 0 Å². The van der Waals surface area contributed by atoms with Crippen molar-refractivity contribution in [3.63, 3.8) is 0 Å². The molecule has 2 fully saturated rings. The predicted molar refractivity (Wildman–Crippen MR) is 86.7 cm³/mol. The van der Waals surface area contributed by atoms with Gasteiger partial charge in [-0.25, -0.2) is 4.79 Å². The molecule has 2 aliphatic rings. The van der Waals surface area contributed by atoms with E-state index in [1.807, 2.05) is 13.8 Å². The van der Waals surface area contributed by atoms with Crippen molar-refractivity contribution >= 4 is 23.8 Å². The van der Waals surface area contributed by atoms with E-state index in [1.165, 1.54) is 4.90 Å². The fourth-order valence-corrected chi connectivity index (χ4v) is 3.58. The van der Waals surface area contributed by atoms with Crippen molar-refractivity contribution in [2.45, 2.75) is 64.0 Å². The van der Waals surface area contributed by atoms with Crippen LogP contribution in [0.25, 0.3) is 0 Å². The van der Waals surface area contributed by atoms with E-state index < -0.39 is 23.4 Å². The van der Waals surface area contributed by atoms with Crippen LogP contribution in [0.4, 0.5) is 4.79 Å². The summed E-state index contributed by atoms with van der Waals surface area (Å²) < 4.78 is 0. The highest BCUT2D eigenvalue weighted by Gasteiger charge is 2.49. The summed E-state index contributed by atoms with van der Waals surface area (Å²) in [6.45, 7) is 3.12. The lowest BCUT2D eigenvalue weighted by Crippen LogP contribution is -2.50. The van der Waals surface area contributed by atoms with Crippen LogP contribution in [0.15, 0.2) is 0 Å². The van der Waals surface area contributed by atoms with Gasteiger partial charge in [-0.1, -0.05) is 26.7 Å². The molecule has 1 aliphatic carbocycles. The number of imide groups is 1. The zero-order valence-corrected chi connectivity index (χ0v) is 14.3. The van der Waals surface area contributed by atoms with E-state index in [2.05, 4.69) is 5.32 Å². The fourth-order valence-electron chi connectivity index (χ4n) is 3.58. The molecule has 1 aliphatic heterocycles. The average molecular weight is 338 g/mol. The van der Waals surface area contributed by atoms with Crippen molar-refractivity contribution in [3.05, 3.63) is 0 Å². The van der Waals surface area contributed by atoms with Gasteiger partial charge in [-0.2, -0.15) is 0 Å². The summed E-state index contributed by atoms with van der Waals surface area (Å²) in [5.74, 6) is -1.38. The van der Waals surface area contributed by atoms with Crippen LogP contribution in [0.3, 0.4) is 0 Å². The molecule has 134 valence electrons. The minimum Gasteiger partial charge on any atom is -0.368 e. The summed E-state index contributed by atoms with van der Waals surface area (Å²) >= 11 is 0. The summed E-state index contributed by atoms with van der Waals surface area (Å²) in [6, 6.07) is -0.602. The van der Waals surface area contributed by atoms with Crippen LogP contribution in [-0.2, 0) is 14.4 Å². The quantitative estimate of drug-likeness (QED) is 0.652. The molecule has 0 bridgehead atoms. The van der Waals surface area contributed by atoms with Crippen LogP contribution in [0.2, 0.25) is 0 Å². The van der Waals surface area contributed by atoms with Gasteiger partial charge >= 0.3 is 6.03 Å². The third kappa shape index (κ3) is 3.37. The summed E-state index contributed by atoms with van der Waals surface area (Å²) in [6.07, 6.45) is 4.54. The minimum absolute atomic E-state index is 0.0483. The second-order valence-electron chi connectivity index (χ2n) is 6.54. The molecular formula is C16H26N4O4. The lowest BCUT2D eigenvalue weighted by atomic mass is 9.93. The molecule has 0 aromatic heterocycles. The molecule has 0 atom stereocenters. The molecule has 5 amide bonds. The molecular weight excluding hydrogens is 312 g/mol. The van der Waals surface area contributed by atoms with Crippen LogP contribution >= 0.6 is 0 Å². The van der Waals surface area contributed by atoms with Crippen LogP contribution in [0, 0.1) is 0 Å². The largest absolute Gasteiger partial charge is 0.368 e.